The standard InChI is InChI=1S/C19H20N4O5/c1-2-28-17-10-6-5-9-16(17)22-12-13(11-18(22)24)19(25)21-20-14-7-3-4-8-15(14)23(26)27/h3-10,13,20H,2,11-12H2,1H3,(H,21,25)/t13-/m0/s1. The average molecular weight is 384 g/mol. The molecule has 1 atom stereocenters. The lowest BCUT2D eigenvalue weighted by molar-refractivity contribution is -0.384. The Morgan fingerprint density at radius 2 is 1.96 bits per heavy atom. The van der Waals surface area contributed by atoms with E-state index in [4.69, 9.17) is 4.74 Å². The number of ether oxygens (including phenoxy) is 1. The number of carbonyl (C=O) groups is 2. The molecule has 3 rings (SSSR count). The molecule has 1 aliphatic rings. The summed E-state index contributed by atoms with van der Waals surface area (Å²) in [5.41, 5.74) is 5.68. The molecule has 2 amide bonds. The maximum absolute atomic E-state index is 12.5. The number of carbonyl (C=O) groups excluding carboxylic acids is 2. The van der Waals surface area contributed by atoms with Crippen LogP contribution in [-0.2, 0) is 9.59 Å². The van der Waals surface area contributed by atoms with Gasteiger partial charge in [0, 0.05) is 19.0 Å². The van der Waals surface area contributed by atoms with Gasteiger partial charge in [-0.05, 0) is 25.1 Å². The summed E-state index contributed by atoms with van der Waals surface area (Å²) in [5, 5.41) is 11.0. The van der Waals surface area contributed by atoms with E-state index in [0.717, 1.165) is 0 Å². The number of nitro groups is 1. The number of anilines is 2. The number of amides is 2. The Kier molecular flexibility index (Phi) is 5.73. The van der Waals surface area contributed by atoms with Gasteiger partial charge in [0.05, 0.1) is 23.1 Å². The normalized spacial score (nSPS) is 16.0. The van der Waals surface area contributed by atoms with Crippen molar-refractivity contribution in [2.24, 2.45) is 5.92 Å². The number of hydrogen-bond acceptors (Lipinski definition) is 6. The summed E-state index contributed by atoms with van der Waals surface area (Å²) in [5.74, 6) is -0.601. The second-order valence-electron chi connectivity index (χ2n) is 6.19. The summed E-state index contributed by atoms with van der Waals surface area (Å²) >= 11 is 0. The van der Waals surface area contributed by atoms with Crippen LogP contribution in [0.1, 0.15) is 13.3 Å². The zero-order chi connectivity index (χ0) is 20.1. The molecule has 0 aliphatic carbocycles. The number of para-hydroxylation sites is 4. The quantitative estimate of drug-likeness (QED) is 0.560. The first-order chi connectivity index (χ1) is 13.5. The molecule has 0 aromatic heterocycles. The molecule has 2 aromatic rings. The van der Waals surface area contributed by atoms with Crippen LogP contribution in [0, 0.1) is 16.0 Å². The molecule has 0 unspecified atom stereocenters. The van der Waals surface area contributed by atoms with Crippen molar-refractivity contribution in [3.8, 4) is 5.75 Å². The molecule has 1 heterocycles. The third kappa shape index (κ3) is 4.03. The molecule has 2 N–H and O–H groups in total. The zero-order valence-corrected chi connectivity index (χ0v) is 15.3. The van der Waals surface area contributed by atoms with Crippen molar-refractivity contribution in [2.75, 3.05) is 23.5 Å². The van der Waals surface area contributed by atoms with E-state index >= 15 is 0 Å². The Balaban J connectivity index is 1.67. The van der Waals surface area contributed by atoms with Crippen molar-refractivity contribution in [3.05, 3.63) is 58.6 Å². The highest BCUT2D eigenvalue weighted by Crippen LogP contribution is 2.33. The highest BCUT2D eigenvalue weighted by Gasteiger charge is 2.36. The molecule has 0 spiro atoms. The Morgan fingerprint density at radius 3 is 2.71 bits per heavy atom. The fraction of sp³-hybridized carbons (Fsp3) is 0.263. The Labute approximate surface area is 161 Å². The van der Waals surface area contributed by atoms with Crippen molar-refractivity contribution < 1.29 is 19.2 Å². The molecular formula is C19H20N4O5. The summed E-state index contributed by atoms with van der Waals surface area (Å²) in [4.78, 5) is 37.0. The fourth-order valence-corrected chi connectivity index (χ4v) is 3.04. The lowest BCUT2D eigenvalue weighted by Gasteiger charge is -2.20. The topological polar surface area (TPSA) is 114 Å². The zero-order valence-electron chi connectivity index (χ0n) is 15.3. The maximum Gasteiger partial charge on any atom is 0.294 e. The highest BCUT2D eigenvalue weighted by atomic mass is 16.6. The van der Waals surface area contributed by atoms with Crippen molar-refractivity contribution in [3.63, 3.8) is 0 Å². The van der Waals surface area contributed by atoms with E-state index in [2.05, 4.69) is 10.9 Å². The number of hydrogen-bond donors (Lipinski definition) is 2. The van der Waals surface area contributed by atoms with Gasteiger partial charge in [-0.3, -0.25) is 30.6 Å². The van der Waals surface area contributed by atoms with Crippen LogP contribution in [0.15, 0.2) is 48.5 Å². The lowest BCUT2D eigenvalue weighted by atomic mass is 10.1. The molecule has 1 aliphatic heterocycles. The van der Waals surface area contributed by atoms with Crippen LogP contribution < -0.4 is 20.5 Å². The lowest BCUT2D eigenvalue weighted by Crippen LogP contribution is -2.36. The molecule has 146 valence electrons. The Hall–Kier alpha value is -3.62. The predicted octanol–water partition coefficient (Wildman–Crippen LogP) is 2.49. The predicted molar refractivity (Wildman–Crippen MR) is 103 cm³/mol. The van der Waals surface area contributed by atoms with Crippen LogP contribution in [0.5, 0.6) is 5.75 Å². The van der Waals surface area contributed by atoms with Gasteiger partial charge in [-0.15, -0.1) is 0 Å². The molecule has 0 radical (unpaired) electrons. The minimum atomic E-state index is -0.586. The first kappa shape index (κ1) is 19.2. The van der Waals surface area contributed by atoms with E-state index < -0.39 is 16.7 Å². The molecule has 9 heteroatoms. The average Bonchev–Trinajstić information content (AvgIpc) is 3.08. The second kappa shape index (κ2) is 8.38. The minimum Gasteiger partial charge on any atom is -0.492 e. The largest absolute Gasteiger partial charge is 0.492 e. The van der Waals surface area contributed by atoms with Gasteiger partial charge >= 0.3 is 0 Å². The third-order valence-corrected chi connectivity index (χ3v) is 4.37. The van der Waals surface area contributed by atoms with E-state index in [9.17, 15) is 19.7 Å². The molecule has 2 aromatic carbocycles. The van der Waals surface area contributed by atoms with Crippen LogP contribution in [0.3, 0.4) is 0 Å². The number of rotatable bonds is 7. The van der Waals surface area contributed by atoms with Gasteiger partial charge in [0.25, 0.3) is 5.69 Å². The molecule has 0 saturated carbocycles. The van der Waals surface area contributed by atoms with Crippen LogP contribution in [0.25, 0.3) is 0 Å². The van der Waals surface area contributed by atoms with Crippen molar-refractivity contribution in [1.82, 2.24) is 5.43 Å². The SMILES string of the molecule is CCOc1ccccc1N1C[C@@H](C(=O)NNc2ccccc2[N+](=O)[O-])CC1=O. The minimum absolute atomic E-state index is 0.0465. The highest BCUT2D eigenvalue weighted by molar-refractivity contribution is 6.01. The van der Waals surface area contributed by atoms with Crippen molar-refractivity contribution in [1.29, 1.82) is 0 Å². The first-order valence-electron chi connectivity index (χ1n) is 8.82. The van der Waals surface area contributed by atoms with Gasteiger partial charge in [-0.2, -0.15) is 0 Å². The van der Waals surface area contributed by atoms with E-state index in [-0.39, 0.29) is 30.2 Å². The fourth-order valence-electron chi connectivity index (χ4n) is 3.04. The van der Waals surface area contributed by atoms with Crippen LogP contribution >= 0.6 is 0 Å². The van der Waals surface area contributed by atoms with E-state index in [1.807, 2.05) is 13.0 Å². The summed E-state index contributed by atoms with van der Waals surface area (Å²) in [7, 11) is 0. The van der Waals surface area contributed by atoms with Crippen LogP contribution in [-0.4, -0.2) is 29.9 Å². The summed E-state index contributed by atoms with van der Waals surface area (Å²) < 4.78 is 5.56. The van der Waals surface area contributed by atoms with Crippen LogP contribution in [0.4, 0.5) is 17.1 Å². The van der Waals surface area contributed by atoms with Gasteiger partial charge in [-0.25, -0.2) is 0 Å². The van der Waals surface area contributed by atoms with Crippen molar-refractivity contribution >= 4 is 28.9 Å². The second-order valence-corrected chi connectivity index (χ2v) is 6.19. The number of nitrogens with one attached hydrogen (secondary N) is 2. The van der Waals surface area contributed by atoms with E-state index in [1.54, 1.807) is 24.3 Å². The molecule has 1 saturated heterocycles. The molecule has 9 nitrogen and oxygen atoms in total. The van der Waals surface area contributed by atoms with Crippen molar-refractivity contribution in [2.45, 2.75) is 13.3 Å². The van der Waals surface area contributed by atoms with E-state index in [1.165, 1.54) is 23.1 Å². The number of hydrazine groups is 1. The maximum atomic E-state index is 12.5. The summed E-state index contributed by atoms with van der Waals surface area (Å²) in [6.45, 7) is 2.52. The number of benzene rings is 2. The number of nitrogens with zero attached hydrogens (tertiary/aromatic N) is 2. The van der Waals surface area contributed by atoms with Gasteiger partial charge in [0.15, 0.2) is 0 Å². The van der Waals surface area contributed by atoms with Gasteiger partial charge in [0.1, 0.15) is 11.4 Å². The molecular weight excluding hydrogens is 364 g/mol. The summed E-state index contributed by atoms with van der Waals surface area (Å²) in [6, 6.07) is 13.1. The van der Waals surface area contributed by atoms with Crippen LogP contribution in [0.2, 0.25) is 0 Å². The van der Waals surface area contributed by atoms with Gasteiger partial charge < -0.3 is 9.64 Å². The molecule has 28 heavy (non-hydrogen) atoms. The Morgan fingerprint density at radius 1 is 1.25 bits per heavy atom. The van der Waals surface area contributed by atoms with Gasteiger partial charge in [-0.1, -0.05) is 24.3 Å². The molecule has 0 bridgehead atoms. The molecule has 1 fully saturated rings. The Bertz CT molecular complexity index is 901. The van der Waals surface area contributed by atoms with E-state index in [0.29, 0.717) is 18.0 Å². The monoisotopic (exact) mass is 384 g/mol. The first-order valence-corrected chi connectivity index (χ1v) is 8.82. The summed E-state index contributed by atoms with van der Waals surface area (Å²) in [6.07, 6.45) is 0.0465. The smallest absolute Gasteiger partial charge is 0.294 e. The third-order valence-electron chi connectivity index (χ3n) is 4.37. The number of nitro benzene ring substituents is 1. The van der Waals surface area contributed by atoms with Gasteiger partial charge in [0.2, 0.25) is 11.8 Å².